The summed E-state index contributed by atoms with van der Waals surface area (Å²) in [5.74, 6) is 3.11. The molecule has 0 aromatic carbocycles. The third kappa shape index (κ3) is 2.25. The van der Waals surface area contributed by atoms with Crippen molar-refractivity contribution in [3.63, 3.8) is 0 Å². The molecule has 1 fully saturated rings. The average molecular weight is 259 g/mol. The first-order valence-corrected chi connectivity index (χ1v) is 6.91. The molecule has 1 saturated carbocycles. The molecule has 2 heterocycles. The van der Waals surface area contributed by atoms with Gasteiger partial charge in [-0.1, -0.05) is 13.8 Å². The Morgan fingerprint density at radius 2 is 2.16 bits per heavy atom. The number of imidazole rings is 1. The fourth-order valence-corrected chi connectivity index (χ4v) is 2.45. The van der Waals surface area contributed by atoms with E-state index in [-0.39, 0.29) is 0 Å². The molecule has 3 rings (SSSR count). The molecule has 0 saturated heterocycles. The minimum atomic E-state index is 0.566. The van der Waals surface area contributed by atoms with Gasteiger partial charge < -0.3 is 10.3 Å². The van der Waals surface area contributed by atoms with Crippen LogP contribution in [0.5, 0.6) is 0 Å². The van der Waals surface area contributed by atoms with Crippen molar-refractivity contribution in [3.8, 4) is 11.3 Å². The van der Waals surface area contributed by atoms with E-state index < -0.39 is 0 Å². The molecule has 0 radical (unpaired) electrons. The summed E-state index contributed by atoms with van der Waals surface area (Å²) < 4.78 is 3.98. The van der Waals surface area contributed by atoms with Gasteiger partial charge in [-0.3, -0.25) is 4.68 Å². The second-order valence-corrected chi connectivity index (χ2v) is 5.89. The Morgan fingerprint density at radius 1 is 1.42 bits per heavy atom. The van der Waals surface area contributed by atoms with Gasteiger partial charge in [0, 0.05) is 31.3 Å². The smallest absolute Gasteiger partial charge is 0.131 e. The topological polar surface area (TPSA) is 61.7 Å². The summed E-state index contributed by atoms with van der Waals surface area (Å²) in [5.41, 5.74) is 8.21. The van der Waals surface area contributed by atoms with Crippen LogP contribution in [0.25, 0.3) is 11.3 Å². The van der Waals surface area contributed by atoms with Crippen LogP contribution in [0.15, 0.2) is 12.4 Å². The zero-order valence-corrected chi connectivity index (χ0v) is 11.8. The van der Waals surface area contributed by atoms with E-state index in [4.69, 9.17) is 10.7 Å². The molecule has 0 unspecified atom stereocenters. The second-order valence-electron chi connectivity index (χ2n) is 5.89. The summed E-state index contributed by atoms with van der Waals surface area (Å²) in [5, 5.41) is 4.21. The molecule has 0 aliphatic heterocycles. The SMILES string of the molecule is CC(C)Cn1c(C2CC2)nc(-c2cnn(C)c2)c1N. The lowest BCUT2D eigenvalue weighted by Crippen LogP contribution is -2.10. The number of hydrogen-bond acceptors (Lipinski definition) is 3. The van der Waals surface area contributed by atoms with Gasteiger partial charge in [-0.15, -0.1) is 0 Å². The molecule has 2 aromatic rings. The third-order valence-electron chi connectivity index (χ3n) is 3.50. The first-order valence-electron chi connectivity index (χ1n) is 6.91. The molecule has 2 aromatic heterocycles. The number of nitrogens with zero attached hydrogens (tertiary/aromatic N) is 4. The van der Waals surface area contributed by atoms with E-state index in [1.165, 1.54) is 12.8 Å². The van der Waals surface area contributed by atoms with Crippen LogP contribution >= 0.6 is 0 Å². The zero-order valence-electron chi connectivity index (χ0n) is 11.8. The lowest BCUT2D eigenvalue weighted by atomic mass is 10.2. The summed E-state index contributed by atoms with van der Waals surface area (Å²) in [4.78, 5) is 4.79. The van der Waals surface area contributed by atoms with E-state index in [2.05, 4.69) is 23.5 Å². The molecule has 0 atom stereocenters. The van der Waals surface area contributed by atoms with Crippen molar-refractivity contribution in [2.24, 2.45) is 13.0 Å². The van der Waals surface area contributed by atoms with Crippen LogP contribution in [0.4, 0.5) is 5.82 Å². The van der Waals surface area contributed by atoms with E-state index in [9.17, 15) is 0 Å². The van der Waals surface area contributed by atoms with Crippen molar-refractivity contribution < 1.29 is 0 Å². The largest absolute Gasteiger partial charge is 0.383 e. The molecule has 1 aliphatic rings. The predicted molar refractivity (Wildman–Crippen MR) is 75.7 cm³/mol. The molecule has 102 valence electrons. The highest BCUT2D eigenvalue weighted by molar-refractivity contribution is 5.70. The normalized spacial score (nSPS) is 15.4. The van der Waals surface area contributed by atoms with E-state index in [0.29, 0.717) is 11.8 Å². The molecule has 5 nitrogen and oxygen atoms in total. The van der Waals surface area contributed by atoms with Crippen molar-refractivity contribution in [1.82, 2.24) is 19.3 Å². The average Bonchev–Trinajstić information content (AvgIpc) is 3.03. The Bertz CT molecular complexity index is 589. The van der Waals surface area contributed by atoms with Crippen molar-refractivity contribution in [2.45, 2.75) is 39.2 Å². The summed E-state index contributed by atoms with van der Waals surface area (Å²) in [6, 6.07) is 0. The number of aryl methyl sites for hydroxylation is 1. The van der Waals surface area contributed by atoms with Gasteiger partial charge in [0.2, 0.25) is 0 Å². The maximum atomic E-state index is 6.32. The van der Waals surface area contributed by atoms with Gasteiger partial charge in [0.15, 0.2) is 0 Å². The molecule has 0 amide bonds. The standard InChI is InChI=1S/C14H21N5/c1-9(2)7-19-13(15)12(11-6-16-18(3)8-11)17-14(19)10-4-5-10/h6,8-10H,4-5,7,15H2,1-3H3. The van der Waals surface area contributed by atoms with E-state index >= 15 is 0 Å². The maximum Gasteiger partial charge on any atom is 0.131 e. The minimum absolute atomic E-state index is 0.566. The quantitative estimate of drug-likeness (QED) is 0.917. The predicted octanol–water partition coefficient (Wildman–Crippen LogP) is 2.40. The van der Waals surface area contributed by atoms with Gasteiger partial charge in [-0.05, 0) is 18.8 Å². The molecular formula is C14H21N5. The number of rotatable bonds is 4. The van der Waals surface area contributed by atoms with Crippen LogP contribution in [0.1, 0.15) is 38.4 Å². The minimum Gasteiger partial charge on any atom is -0.383 e. The summed E-state index contributed by atoms with van der Waals surface area (Å²) >= 11 is 0. The Labute approximate surface area is 113 Å². The Morgan fingerprint density at radius 3 is 2.68 bits per heavy atom. The van der Waals surface area contributed by atoms with Gasteiger partial charge in [0.25, 0.3) is 0 Å². The van der Waals surface area contributed by atoms with Gasteiger partial charge in [0.1, 0.15) is 17.3 Å². The molecule has 5 heteroatoms. The van der Waals surface area contributed by atoms with Crippen molar-refractivity contribution >= 4 is 5.82 Å². The number of nitrogen functional groups attached to an aromatic ring is 1. The van der Waals surface area contributed by atoms with Crippen LogP contribution in [-0.4, -0.2) is 19.3 Å². The summed E-state index contributed by atoms with van der Waals surface area (Å²) in [6.07, 6.45) is 6.27. The van der Waals surface area contributed by atoms with Crippen LogP contribution in [-0.2, 0) is 13.6 Å². The number of nitrogens with two attached hydrogens (primary N) is 1. The highest BCUT2D eigenvalue weighted by Gasteiger charge is 2.31. The van der Waals surface area contributed by atoms with Crippen molar-refractivity contribution in [3.05, 3.63) is 18.2 Å². The third-order valence-corrected chi connectivity index (χ3v) is 3.50. The van der Waals surface area contributed by atoms with E-state index in [0.717, 1.165) is 29.4 Å². The lowest BCUT2D eigenvalue weighted by molar-refractivity contribution is 0.512. The van der Waals surface area contributed by atoms with Crippen molar-refractivity contribution in [1.29, 1.82) is 0 Å². The first-order chi connectivity index (χ1) is 9.06. The van der Waals surface area contributed by atoms with Gasteiger partial charge in [-0.25, -0.2) is 4.98 Å². The van der Waals surface area contributed by atoms with E-state index in [1.807, 2.05) is 19.4 Å². The number of anilines is 1. The Kier molecular flexibility index (Phi) is 2.84. The van der Waals surface area contributed by atoms with Gasteiger partial charge >= 0.3 is 0 Å². The van der Waals surface area contributed by atoms with E-state index in [1.54, 1.807) is 4.68 Å². The molecule has 19 heavy (non-hydrogen) atoms. The monoisotopic (exact) mass is 259 g/mol. The molecule has 2 N–H and O–H groups in total. The molecular weight excluding hydrogens is 238 g/mol. The zero-order chi connectivity index (χ0) is 13.6. The fraction of sp³-hybridized carbons (Fsp3) is 0.571. The highest BCUT2D eigenvalue weighted by atomic mass is 15.2. The maximum absolute atomic E-state index is 6.32. The van der Waals surface area contributed by atoms with Crippen LogP contribution < -0.4 is 5.73 Å². The molecule has 0 bridgehead atoms. The van der Waals surface area contributed by atoms with Crippen LogP contribution in [0, 0.1) is 5.92 Å². The number of hydrogen-bond donors (Lipinski definition) is 1. The summed E-state index contributed by atoms with van der Waals surface area (Å²) in [6.45, 7) is 5.35. The van der Waals surface area contributed by atoms with Crippen LogP contribution in [0.3, 0.4) is 0 Å². The molecule has 0 spiro atoms. The lowest BCUT2D eigenvalue weighted by Gasteiger charge is -2.11. The fourth-order valence-electron chi connectivity index (χ4n) is 2.45. The van der Waals surface area contributed by atoms with Gasteiger partial charge in [-0.2, -0.15) is 5.10 Å². The highest BCUT2D eigenvalue weighted by Crippen LogP contribution is 2.42. The Balaban J connectivity index is 2.05. The first kappa shape index (κ1) is 12.3. The van der Waals surface area contributed by atoms with Gasteiger partial charge in [0.05, 0.1) is 6.20 Å². The number of aromatic nitrogens is 4. The second kappa shape index (κ2) is 4.40. The van der Waals surface area contributed by atoms with Crippen molar-refractivity contribution in [2.75, 3.05) is 5.73 Å². The van der Waals surface area contributed by atoms with Crippen LogP contribution in [0.2, 0.25) is 0 Å². The Hall–Kier alpha value is -1.78. The summed E-state index contributed by atoms with van der Waals surface area (Å²) in [7, 11) is 1.91. The molecule has 1 aliphatic carbocycles.